The molecule has 0 aromatic heterocycles. The van der Waals surface area contributed by atoms with E-state index in [0.717, 1.165) is 14.4 Å². The fourth-order valence-corrected chi connectivity index (χ4v) is 2.13. The van der Waals surface area contributed by atoms with Gasteiger partial charge < -0.3 is 0 Å². The lowest BCUT2D eigenvalue weighted by Gasteiger charge is -1.99. The van der Waals surface area contributed by atoms with Gasteiger partial charge in [0.1, 0.15) is 0 Å². The first-order chi connectivity index (χ1) is 6.24. The summed E-state index contributed by atoms with van der Waals surface area (Å²) in [6.45, 7) is 3.53. The molecule has 67 valence electrons. The number of hydrogen-bond acceptors (Lipinski definition) is 1. The van der Waals surface area contributed by atoms with Gasteiger partial charge in [0, 0.05) is 9.37 Å². The third kappa shape index (κ3) is 3.59. The van der Waals surface area contributed by atoms with Gasteiger partial charge in [-0.2, -0.15) is 0 Å². The Labute approximate surface area is 95.8 Å². The second-order valence-electron chi connectivity index (χ2n) is 2.18. The summed E-state index contributed by atoms with van der Waals surface area (Å²) < 4.78 is 0.985. The highest BCUT2D eigenvalue weighted by molar-refractivity contribution is 9.10. The minimum atomic E-state index is 0.737. The maximum atomic E-state index is 5.98. The van der Waals surface area contributed by atoms with Crippen LogP contribution in [0.25, 0.3) is 0 Å². The second-order valence-corrected chi connectivity index (χ2v) is 4.42. The van der Waals surface area contributed by atoms with Crippen LogP contribution < -0.4 is 0 Å². The molecule has 0 aliphatic carbocycles. The van der Waals surface area contributed by atoms with Gasteiger partial charge >= 0.3 is 0 Å². The quantitative estimate of drug-likeness (QED) is 0.569. The van der Waals surface area contributed by atoms with Crippen LogP contribution in [-0.2, 0) is 0 Å². The number of hydrogen-bond donors (Lipinski definition) is 0. The van der Waals surface area contributed by atoms with Gasteiger partial charge in [0.2, 0.25) is 0 Å². The number of rotatable bonds is 3. The first kappa shape index (κ1) is 10.9. The molecule has 0 bridgehead atoms. The minimum Gasteiger partial charge on any atom is -0.0984 e. The average Bonchev–Trinajstić information content (AvgIpc) is 2.09. The third-order valence-corrected chi connectivity index (χ3v) is 3.05. The van der Waals surface area contributed by atoms with Crippen LogP contribution >= 0.6 is 39.3 Å². The van der Waals surface area contributed by atoms with Crippen molar-refractivity contribution in [3.8, 4) is 0 Å². The number of thioether (sulfide) groups is 1. The summed E-state index contributed by atoms with van der Waals surface area (Å²) >= 11 is 10.8. The highest BCUT2D eigenvalue weighted by Crippen LogP contribution is 2.30. The van der Waals surface area contributed by atoms with Crippen molar-refractivity contribution in [1.29, 1.82) is 0 Å². The zero-order valence-electron chi connectivity index (χ0n) is 6.76. The van der Waals surface area contributed by atoms with Crippen molar-refractivity contribution in [3.63, 3.8) is 0 Å². The maximum Gasteiger partial charge on any atom is 0.0556 e. The zero-order valence-corrected chi connectivity index (χ0v) is 9.92. The van der Waals surface area contributed by atoms with E-state index >= 15 is 0 Å². The van der Waals surface area contributed by atoms with E-state index in [2.05, 4.69) is 28.6 Å². The van der Waals surface area contributed by atoms with Gasteiger partial charge in [-0.1, -0.05) is 51.9 Å². The van der Waals surface area contributed by atoms with Crippen LogP contribution in [0.5, 0.6) is 0 Å². The van der Waals surface area contributed by atoms with Crippen LogP contribution in [0.1, 0.15) is 0 Å². The molecule has 1 radical (unpaired) electrons. The van der Waals surface area contributed by atoms with E-state index in [4.69, 9.17) is 11.6 Å². The molecule has 0 amide bonds. The van der Waals surface area contributed by atoms with Gasteiger partial charge in [0.25, 0.3) is 0 Å². The van der Waals surface area contributed by atoms with Crippen LogP contribution in [0, 0.1) is 6.08 Å². The molecule has 3 heteroatoms. The fourth-order valence-electron chi connectivity index (χ4n) is 0.716. The molecule has 0 fully saturated rings. The average molecular weight is 275 g/mol. The van der Waals surface area contributed by atoms with Gasteiger partial charge in [-0.15, -0.1) is 0 Å². The van der Waals surface area contributed by atoms with Gasteiger partial charge in [-0.05, 0) is 29.7 Å². The molecule has 0 N–H and O–H groups in total. The molecular weight excluding hydrogens is 268 g/mol. The van der Waals surface area contributed by atoms with Crippen LogP contribution in [0.2, 0.25) is 5.02 Å². The molecular formula is C10H7BrClS. The molecule has 0 saturated heterocycles. The van der Waals surface area contributed by atoms with Crippen molar-refractivity contribution in [2.75, 3.05) is 0 Å². The summed E-state index contributed by atoms with van der Waals surface area (Å²) in [6, 6.07) is 5.78. The number of allylic oxidation sites excluding steroid dienone is 2. The Balaban J connectivity index is 2.77. The highest BCUT2D eigenvalue weighted by atomic mass is 79.9. The third-order valence-electron chi connectivity index (χ3n) is 1.27. The first-order valence-corrected chi connectivity index (χ1v) is 5.59. The van der Waals surface area contributed by atoms with Gasteiger partial charge in [0.15, 0.2) is 0 Å². The normalized spacial score (nSPS) is 10.6. The second kappa shape index (κ2) is 5.53. The summed E-state index contributed by atoms with van der Waals surface area (Å²) in [7, 11) is 0. The standard InChI is InChI=1S/C10H7BrClS/c1-2-3-6-13-10-5-4-8(11)7-9(10)12/h2,4-7H,1H2. The van der Waals surface area contributed by atoms with E-state index in [0.29, 0.717) is 0 Å². The molecule has 0 nitrogen and oxygen atoms in total. The number of halogens is 2. The SMILES string of the molecule is C=C[C]=CSc1ccc(Br)cc1Cl. The van der Waals surface area contributed by atoms with Crippen LogP contribution in [0.4, 0.5) is 0 Å². The zero-order chi connectivity index (χ0) is 9.68. The summed E-state index contributed by atoms with van der Waals surface area (Å²) in [4.78, 5) is 1.01. The lowest BCUT2D eigenvalue weighted by atomic mass is 10.4. The lowest BCUT2D eigenvalue weighted by Crippen LogP contribution is -1.71. The molecule has 0 spiro atoms. The largest absolute Gasteiger partial charge is 0.0984 e. The molecule has 0 heterocycles. The van der Waals surface area contributed by atoms with E-state index in [1.165, 1.54) is 11.8 Å². The predicted octanol–water partition coefficient (Wildman–Crippen LogP) is 4.70. The van der Waals surface area contributed by atoms with Gasteiger partial charge in [-0.3, -0.25) is 0 Å². The highest BCUT2D eigenvalue weighted by Gasteiger charge is 1.98. The van der Waals surface area contributed by atoms with Crippen molar-refractivity contribution in [1.82, 2.24) is 0 Å². The molecule has 13 heavy (non-hydrogen) atoms. The van der Waals surface area contributed by atoms with E-state index < -0.39 is 0 Å². The Hall–Kier alpha value is -0.180. The minimum absolute atomic E-state index is 0.737. The summed E-state index contributed by atoms with van der Waals surface area (Å²) in [5.74, 6) is 0. The topological polar surface area (TPSA) is 0 Å². The summed E-state index contributed by atoms with van der Waals surface area (Å²) in [6.07, 6.45) is 4.48. The van der Waals surface area contributed by atoms with Crippen molar-refractivity contribution < 1.29 is 0 Å². The van der Waals surface area contributed by atoms with Crippen molar-refractivity contribution >= 4 is 39.3 Å². The molecule has 0 aliphatic heterocycles. The van der Waals surface area contributed by atoms with Crippen molar-refractivity contribution in [2.24, 2.45) is 0 Å². The molecule has 0 aliphatic rings. The number of benzene rings is 1. The summed E-state index contributed by atoms with van der Waals surface area (Å²) in [5.41, 5.74) is 0. The fraction of sp³-hybridized carbons (Fsp3) is 0. The van der Waals surface area contributed by atoms with Gasteiger partial charge in [-0.25, -0.2) is 0 Å². The first-order valence-electron chi connectivity index (χ1n) is 3.54. The predicted molar refractivity (Wildman–Crippen MR) is 63.0 cm³/mol. The Morgan fingerprint density at radius 2 is 2.31 bits per heavy atom. The Morgan fingerprint density at radius 1 is 1.54 bits per heavy atom. The Bertz CT molecular complexity index is 334. The monoisotopic (exact) mass is 273 g/mol. The van der Waals surface area contributed by atoms with E-state index in [9.17, 15) is 0 Å². The summed E-state index contributed by atoms with van der Waals surface area (Å²) in [5, 5.41) is 2.56. The Morgan fingerprint density at radius 3 is 2.92 bits per heavy atom. The Kier molecular flexibility index (Phi) is 4.64. The van der Waals surface area contributed by atoms with Crippen molar-refractivity contribution in [3.05, 3.63) is 51.8 Å². The van der Waals surface area contributed by atoms with E-state index in [1.54, 1.807) is 6.08 Å². The van der Waals surface area contributed by atoms with Crippen molar-refractivity contribution in [2.45, 2.75) is 4.90 Å². The molecule has 0 atom stereocenters. The van der Waals surface area contributed by atoms with E-state index in [1.807, 2.05) is 23.6 Å². The maximum absolute atomic E-state index is 5.98. The molecule has 0 saturated carbocycles. The molecule has 1 aromatic rings. The smallest absolute Gasteiger partial charge is 0.0556 e. The van der Waals surface area contributed by atoms with E-state index in [-0.39, 0.29) is 0 Å². The molecule has 0 unspecified atom stereocenters. The lowest BCUT2D eigenvalue weighted by molar-refractivity contribution is 1.45. The molecule has 1 rings (SSSR count). The molecule has 1 aromatic carbocycles. The van der Waals surface area contributed by atoms with Gasteiger partial charge in [0.05, 0.1) is 5.02 Å². The van der Waals surface area contributed by atoms with Crippen LogP contribution in [-0.4, -0.2) is 0 Å². The van der Waals surface area contributed by atoms with Crippen LogP contribution in [0.3, 0.4) is 0 Å². The van der Waals surface area contributed by atoms with Crippen LogP contribution in [0.15, 0.2) is 45.6 Å².